The normalized spacial score (nSPS) is 18.7. The highest BCUT2D eigenvalue weighted by atomic mass is 35.5. The molecule has 0 saturated carbocycles. The Hall–Kier alpha value is -2.87. The molecule has 0 unspecified atom stereocenters. The van der Waals surface area contributed by atoms with Crippen molar-refractivity contribution in [3.63, 3.8) is 0 Å². The van der Waals surface area contributed by atoms with Crippen molar-refractivity contribution >= 4 is 34.8 Å². The highest BCUT2D eigenvalue weighted by molar-refractivity contribution is 7.10. The van der Waals surface area contributed by atoms with Crippen molar-refractivity contribution in [2.45, 2.75) is 51.2 Å². The molecule has 1 fully saturated rings. The summed E-state index contributed by atoms with van der Waals surface area (Å²) in [6.45, 7) is 6.30. The Bertz CT molecular complexity index is 1290. The highest BCUT2D eigenvalue weighted by Crippen LogP contribution is 2.34. The smallest absolute Gasteiger partial charge is 0.254 e. The summed E-state index contributed by atoms with van der Waals surface area (Å²) in [4.78, 5) is 32.2. The zero-order chi connectivity index (χ0) is 27.4. The third-order valence-corrected chi connectivity index (χ3v) is 8.73. The van der Waals surface area contributed by atoms with Gasteiger partial charge in [0.05, 0.1) is 12.1 Å². The van der Waals surface area contributed by atoms with Gasteiger partial charge < -0.3 is 19.3 Å². The van der Waals surface area contributed by atoms with Crippen molar-refractivity contribution in [3.8, 4) is 5.75 Å². The summed E-state index contributed by atoms with van der Waals surface area (Å²) in [6.07, 6.45) is 2.56. The SMILES string of the molecule is CC(C)c1ccc(OC[C@@H]2c3ccsc3CCN2C(=O)CN(C[C@@H]2CCCO2)C(=O)c2cccc(Cl)c2)cc1. The van der Waals surface area contributed by atoms with Crippen LogP contribution in [0.5, 0.6) is 5.75 Å². The fourth-order valence-corrected chi connectivity index (χ4v) is 6.43. The minimum Gasteiger partial charge on any atom is -0.491 e. The van der Waals surface area contributed by atoms with E-state index in [9.17, 15) is 9.59 Å². The van der Waals surface area contributed by atoms with Gasteiger partial charge in [-0.25, -0.2) is 0 Å². The van der Waals surface area contributed by atoms with E-state index in [0.717, 1.165) is 30.6 Å². The third-order valence-electron chi connectivity index (χ3n) is 7.50. The van der Waals surface area contributed by atoms with Crippen LogP contribution in [0.3, 0.4) is 0 Å². The number of carbonyl (C=O) groups is 2. The molecule has 3 aromatic rings. The van der Waals surface area contributed by atoms with Crippen molar-refractivity contribution < 1.29 is 19.1 Å². The van der Waals surface area contributed by atoms with E-state index < -0.39 is 0 Å². The topological polar surface area (TPSA) is 59.1 Å². The van der Waals surface area contributed by atoms with E-state index in [-0.39, 0.29) is 30.5 Å². The Balaban J connectivity index is 1.34. The first-order valence-corrected chi connectivity index (χ1v) is 14.9. The number of carbonyl (C=O) groups excluding carboxylic acids is 2. The van der Waals surface area contributed by atoms with Crippen LogP contribution in [0.15, 0.2) is 60.0 Å². The lowest BCUT2D eigenvalue weighted by atomic mass is 10.00. The molecular formula is C31H35ClN2O4S. The number of hydrogen-bond donors (Lipinski definition) is 0. The monoisotopic (exact) mass is 566 g/mol. The molecule has 39 heavy (non-hydrogen) atoms. The molecule has 0 aliphatic carbocycles. The van der Waals surface area contributed by atoms with Gasteiger partial charge in [0.2, 0.25) is 5.91 Å². The van der Waals surface area contributed by atoms with E-state index in [2.05, 4.69) is 37.4 Å². The van der Waals surface area contributed by atoms with Crippen LogP contribution < -0.4 is 4.74 Å². The molecule has 2 aliphatic rings. The molecule has 5 rings (SSSR count). The van der Waals surface area contributed by atoms with Crippen molar-refractivity contribution in [2.75, 3.05) is 32.8 Å². The molecule has 1 saturated heterocycles. The lowest BCUT2D eigenvalue weighted by Gasteiger charge is -2.37. The van der Waals surface area contributed by atoms with E-state index in [1.807, 2.05) is 17.0 Å². The molecule has 1 aromatic heterocycles. The summed E-state index contributed by atoms with van der Waals surface area (Å²) >= 11 is 7.89. The standard InChI is InChI=1S/C31H35ClN2O4S/c1-21(2)22-8-10-25(11-9-22)38-20-28-27-13-16-39-29(27)12-14-34(28)30(35)19-33(18-26-7-4-15-37-26)31(36)23-5-3-6-24(32)17-23/h3,5-6,8-11,13,16-17,21,26,28H,4,7,12,14-15,18-20H2,1-2H3/t26-,28+/m0/s1. The zero-order valence-corrected chi connectivity index (χ0v) is 24.0. The number of hydrogen-bond acceptors (Lipinski definition) is 5. The van der Waals surface area contributed by atoms with Gasteiger partial charge in [0.15, 0.2) is 0 Å². The fraction of sp³-hybridized carbons (Fsp3) is 0.419. The van der Waals surface area contributed by atoms with Gasteiger partial charge in [0.1, 0.15) is 18.9 Å². The molecule has 206 valence electrons. The Morgan fingerprint density at radius 1 is 1.18 bits per heavy atom. The average Bonchev–Trinajstić information content (AvgIpc) is 3.63. The Labute approximate surface area is 239 Å². The van der Waals surface area contributed by atoms with Gasteiger partial charge >= 0.3 is 0 Å². The van der Waals surface area contributed by atoms with Crippen molar-refractivity contribution in [1.29, 1.82) is 0 Å². The molecule has 0 radical (unpaired) electrons. The quantitative estimate of drug-likeness (QED) is 0.303. The molecule has 0 spiro atoms. The van der Waals surface area contributed by atoms with Gasteiger partial charge in [-0.15, -0.1) is 11.3 Å². The number of nitrogens with zero attached hydrogens (tertiary/aromatic N) is 2. The van der Waals surface area contributed by atoms with Crippen LogP contribution >= 0.6 is 22.9 Å². The molecule has 2 aliphatic heterocycles. The van der Waals surface area contributed by atoms with Crippen LogP contribution in [-0.2, 0) is 16.0 Å². The first kappa shape index (κ1) is 27.7. The predicted molar refractivity (Wildman–Crippen MR) is 155 cm³/mol. The van der Waals surface area contributed by atoms with Gasteiger partial charge in [0.25, 0.3) is 5.91 Å². The molecule has 0 bridgehead atoms. The average molecular weight is 567 g/mol. The van der Waals surface area contributed by atoms with Crippen molar-refractivity contribution in [1.82, 2.24) is 9.80 Å². The van der Waals surface area contributed by atoms with Gasteiger partial charge in [-0.1, -0.05) is 43.6 Å². The second-order valence-electron chi connectivity index (χ2n) is 10.5. The third kappa shape index (κ3) is 6.65. The number of thiophene rings is 1. The second-order valence-corrected chi connectivity index (χ2v) is 12.0. The summed E-state index contributed by atoms with van der Waals surface area (Å²) in [5, 5.41) is 2.57. The van der Waals surface area contributed by atoms with E-state index in [1.165, 1.54) is 10.4 Å². The predicted octanol–water partition coefficient (Wildman–Crippen LogP) is 6.35. The maximum atomic E-state index is 13.9. The number of benzene rings is 2. The maximum Gasteiger partial charge on any atom is 0.254 e. The Morgan fingerprint density at radius 3 is 2.72 bits per heavy atom. The summed E-state index contributed by atoms with van der Waals surface area (Å²) in [5.74, 6) is 0.924. The van der Waals surface area contributed by atoms with Crippen LogP contribution in [0.1, 0.15) is 65.0 Å². The summed E-state index contributed by atoms with van der Waals surface area (Å²) < 4.78 is 12.0. The lowest BCUT2D eigenvalue weighted by Crippen LogP contribution is -2.49. The molecule has 2 amide bonds. The van der Waals surface area contributed by atoms with Crippen molar-refractivity contribution in [3.05, 3.63) is 86.6 Å². The molecule has 6 nitrogen and oxygen atoms in total. The molecule has 2 aromatic carbocycles. The largest absolute Gasteiger partial charge is 0.491 e. The lowest BCUT2D eigenvalue weighted by molar-refractivity contribution is -0.135. The summed E-state index contributed by atoms with van der Waals surface area (Å²) in [5.41, 5.74) is 2.86. The molecule has 3 heterocycles. The van der Waals surface area contributed by atoms with E-state index in [4.69, 9.17) is 21.1 Å². The molecule has 0 N–H and O–H groups in total. The van der Waals surface area contributed by atoms with Crippen LogP contribution in [0.2, 0.25) is 5.02 Å². The zero-order valence-electron chi connectivity index (χ0n) is 22.5. The van der Waals surface area contributed by atoms with Crippen molar-refractivity contribution in [2.24, 2.45) is 0 Å². The Kier molecular flexibility index (Phi) is 8.90. The summed E-state index contributed by atoms with van der Waals surface area (Å²) in [6, 6.07) is 16.9. The van der Waals surface area contributed by atoms with E-state index in [0.29, 0.717) is 42.8 Å². The van der Waals surface area contributed by atoms with Gasteiger partial charge in [-0.05, 0) is 78.1 Å². The first-order valence-electron chi connectivity index (χ1n) is 13.6. The van der Waals surface area contributed by atoms with Crippen LogP contribution in [-0.4, -0.2) is 60.6 Å². The maximum absolute atomic E-state index is 13.9. The van der Waals surface area contributed by atoms with Crippen LogP contribution in [0.25, 0.3) is 0 Å². The number of rotatable bonds is 9. The van der Waals surface area contributed by atoms with Gasteiger partial charge in [-0.2, -0.15) is 0 Å². The Morgan fingerprint density at radius 2 is 2.00 bits per heavy atom. The first-order chi connectivity index (χ1) is 18.9. The van der Waals surface area contributed by atoms with Gasteiger partial charge in [-0.3, -0.25) is 9.59 Å². The molecular weight excluding hydrogens is 532 g/mol. The van der Waals surface area contributed by atoms with E-state index in [1.54, 1.807) is 40.5 Å². The number of halogens is 1. The highest BCUT2D eigenvalue weighted by Gasteiger charge is 2.34. The van der Waals surface area contributed by atoms with Crippen LogP contribution in [0.4, 0.5) is 0 Å². The van der Waals surface area contributed by atoms with Gasteiger partial charge in [0, 0.05) is 35.2 Å². The minimum atomic E-state index is -0.219. The van der Waals surface area contributed by atoms with Crippen LogP contribution in [0, 0.1) is 0 Å². The van der Waals surface area contributed by atoms with E-state index >= 15 is 0 Å². The minimum absolute atomic E-state index is 0.0235. The number of amides is 2. The summed E-state index contributed by atoms with van der Waals surface area (Å²) in [7, 11) is 0. The number of ether oxygens (including phenoxy) is 2. The number of fused-ring (bicyclic) bond motifs is 1. The fourth-order valence-electron chi connectivity index (χ4n) is 5.31. The second kappa shape index (κ2) is 12.5. The molecule has 8 heteroatoms. The molecule has 2 atom stereocenters.